The fourth-order valence-corrected chi connectivity index (χ4v) is 5.09. The second-order valence-corrected chi connectivity index (χ2v) is 7.89. The van der Waals surface area contributed by atoms with Crippen LogP contribution in [0.25, 0.3) is 0 Å². The Labute approximate surface area is 95.0 Å². The van der Waals surface area contributed by atoms with Gasteiger partial charge in [0.1, 0.15) is 0 Å². The van der Waals surface area contributed by atoms with Gasteiger partial charge < -0.3 is 14.0 Å². The number of aliphatic hydroxyl groups excluding tert-OH is 1. The van der Waals surface area contributed by atoms with Gasteiger partial charge in [-0.25, -0.2) is 0 Å². The molecule has 0 aliphatic heterocycles. The first-order valence-electron chi connectivity index (χ1n) is 5.91. The van der Waals surface area contributed by atoms with Gasteiger partial charge in [0.2, 0.25) is 0 Å². The van der Waals surface area contributed by atoms with E-state index in [1.165, 1.54) is 0 Å². The Balaban J connectivity index is 4.74. The minimum atomic E-state index is -2.44. The highest BCUT2D eigenvalue weighted by atomic mass is 28.4. The Morgan fingerprint density at radius 2 is 1.40 bits per heavy atom. The molecule has 0 spiro atoms. The third-order valence-electron chi connectivity index (χ3n) is 2.26. The van der Waals surface area contributed by atoms with Crippen molar-refractivity contribution in [3.8, 4) is 0 Å². The van der Waals surface area contributed by atoms with E-state index in [0.29, 0.717) is 6.42 Å². The Hall–Kier alpha value is 0.0969. The van der Waals surface area contributed by atoms with E-state index in [-0.39, 0.29) is 12.2 Å². The van der Waals surface area contributed by atoms with Crippen molar-refractivity contribution in [2.24, 2.45) is 0 Å². The first kappa shape index (κ1) is 15.1. The van der Waals surface area contributed by atoms with Gasteiger partial charge in [-0.3, -0.25) is 0 Å². The summed E-state index contributed by atoms with van der Waals surface area (Å²) in [6.45, 7) is 12.0. The Morgan fingerprint density at radius 3 is 1.60 bits per heavy atom. The molecule has 0 aliphatic rings. The van der Waals surface area contributed by atoms with Crippen molar-refractivity contribution in [2.75, 3.05) is 0 Å². The van der Waals surface area contributed by atoms with Gasteiger partial charge in [-0.1, -0.05) is 13.8 Å². The molecule has 1 atom stereocenters. The summed E-state index contributed by atoms with van der Waals surface area (Å²) in [5, 5.41) is 10.1. The summed E-state index contributed by atoms with van der Waals surface area (Å²) in [5.74, 6) is 0. The van der Waals surface area contributed by atoms with Gasteiger partial charge in [0.25, 0.3) is 0 Å². The zero-order chi connectivity index (χ0) is 12.1. The van der Waals surface area contributed by atoms with Crippen LogP contribution >= 0.6 is 0 Å². The predicted octanol–water partition coefficient (Wildman–Crippen LogP) is 2.61. The Morgan fingerprint density at radius 1 is 1.00 bits per heavy atom. The van der Waals surface area contributed by atoms with Crippen LogP contribution in [0.3, 0.4) is 0 Å². The van der Waals surface area contributed by atoms with E-state index in [1.54, 1.807) is 0 Å². The zero-order valence-corrected chi connectivity index (χ0v) is 11.9. The fourth-order valence-electron chi connectivity index (χ4n) is 1.70. The molecule has 0 rings (SSSR count). The van der Waals surface area contributed by atoms with Crippen molar-refractivity contribution in [3.05, 3.63) is 0 Å². The summed E-state index contributed by atoms with van der Waals surface area (Å²) < 4.78 is 11.8. The molecule has 0 radical (unpaired) electrons. The SMILES string of the molecule is CCC(O)[Si](CC)(OC(C)C)OC(C)C. The van der Waals surface area contributed by atoms with E-state index in [0.717, 1.165) is 6.04 Å². The summed E-state index contributed by atoms with van der Waals surface area (Å²) in [7, 11) is -2.44. The largest absolute Gasteiger partial charge is 0.391 e. The lowest BCUT2D eigenvalue weighted by molar-refractivity contribution is 0.0594. The number of rotatable bonds is 7. The molecule has 1 unspecified atom stereocenters. The van der Waals surface area contributed by atoms with E-state index < -0.39 is 14.3 Å². The monoisotopic (exact) mass is 234 g/mol. The molecule has 0 aromatic rings. The Bertz CT molecular complexity index is 161. The summed E-state index contributed by atoms with van der Waals surface area (Å²) in [6, 6.07) is 0.790. The third kappa shape index (κ3) is 4.63. The molecule has 0 saturated heterocycles. The van der Waals surface area contributed by atoms with Crippen molar-refractivity contribution in [3.63, 3.8) is 0 Å². The Kier molecular flexibility index (Phi) is 6.67. The number of aliphatic hydroxyl groups is 1. The van der Waals surface area contributed by atoms with Crippen molar-refractivity contribution in [1.82, 2.24) is 0 Å². The molecule has 0 amide bonds. The summed E-state index contributed by atoms with van der Waals surface area (Å²) in [4.78, 5) is 0. The van der Waals surface area contributed by atoms with E-state index in [9.17, 15) is 5.11 Å². The smallest absolute Gasteiger partial charge is 0.367 e. The average molecular weight is 234 g/mol. The van der Waals surface area contributed by atoms with Crippen LogP contribution in [0.4, 0.5) is 0 Å². The quantitative estimate of drug-likeness (QED) is 0.688. The summed E-state index contributed by atoms with van der Waals surface area (Å²) >= 11 is 0. The third-order valence-corrected chi connectivity index (χ3v) is 6.41. The normalized spacial score (nSPS) is 15.0. The molecule has 0 bridgehead atoms. The molecule has 0 aliphatic carbocycles. The maximum Gasteiger partial charge on any atom is 0.367 e. The van der Waals surface area contributed by atoms with Crippen LogP contribution in [0.2, 0.25) is 6.04 Å². The highest BCUT2D eigenvalue weighted by Crippen LogP contribution is 2.23. The van der Waals surface area contributed by atoms with Crippen LogP contribution < -0.4 is 0 Å². The first-order valence-corrected chi connectivity index (χ1v) is 8.01. The van der Waals surface area contributed by atoms with E-state index in [1.807, 2.05) is 41.5 Å². The minimum Gasteiger partial charge on any atom is -0.391 e. The van der Waals surface area contributed by atoms with Gasteiger partial charge in [-0.15, -0.1) is 0 Å². The minimum absolute atomic E-state index is 0.108. The van der Waals surface area contributed by atoms with Crippen LogP contribution in [0.1, 0.15) is 48.0 Å². The first-order chi connectivity index (χ1) is 6.88. The lowest BCUT2D eigenvalue weighted by Gasteiger charge is -2.36. The van der Waals surface area contributed by atoms with Crippen molar-refractivity contribution in [1.29, 1.82) is 0 Å². The molecular formula is C11H26O3Si. The molecule has 0 heterocycles. The van der Waals surface area contributed by atoms with Crippen LogP contribution in [-0.4, -0.2) is 31.6 Å². The molecule has 4 heteroatoms. The molecule has 3 nitrogen and oxygen atoms in total. The second kappa shape index (κ2) is 6.63. The van der Waals surface area contributed by atoms with Gasteiger partial charge in [0.05, 0.1) is 5.73 Å². The molecule has 92 valence electrons. The molecule has 0 fully saturated rings. The van der Waals surface area contributed by atoms with Gasteiger partial charge in [0, 0.05) is 12.2 Å². The predicted molar refractivity (Wildman–Crippen MR) is 65.0 cm³/mol. The topological polar surface area (TPSA) is 38.7 Å². The van der Waals surface area contributed by atoms with E-state index in [4.69, 9.17) is 8.85 Å². The van der Waals surface area contributed by atoms with Crippen molar-refractivity contribution in [2.45, 2.75) is 71.9 Å². The summed E-state index contributed by atoms with van der Waals surface area (Å²) in [5.41, 5.74) is -0.438. The number of hydrogen-bond acceptors (Lipinski definition) is 3. The van der Waals surface area contributed by atoms with Crippen molar-refractivity contribution < 1.29 is 14.0 Å². The highest BCUT2D eigenvalue weighted by Gasteiger charge is 2.44. The average Bonchev–Trinajstić information content (AvgIpc) is 2.13. The molecular weight excluding hydrogens is 208 g/mol. The summed E-state index contributed by atoms with van der Waals surface area (Å²) in [6.07, 6.45) is 0.910. The molecule has 0 aromatic carbocycles. The zero-order valence-electron chi connectivity index (χ0n) is 10.9. The maximum atomic E-state index is 10.1. The fraction of sp³-hybridized carbons (Fsp3) is 1.00. The lowest BCUT2D eigenvalue weighted by Crippen LogP contribution is -2.55. The van der Waals surface area contributed by atoms with Gasteiger partial charge in [-0.2, -0.15) is 0 Å². The molecule has 0 aromatic heterocycles. The van der Waals surface area contributed by atoms with Crippen LogP contribution in [0, 0.1) is 0 Å². The number of hydrogen-bond donors (Lipinski definition) is 1. The molecule has 15 heavy (non-hydrogen) atoms. The van der Waals surface area contributed by atoms with Crippen LogP contribution in [0.5, 0.6) is 0 Å². The van der Waals surface area contributed by atoms with Gasteiger partial charge in [-0.05, 0) is 40.2 Å². The van der Waals surface area contributed by atoms with E-state index >= 15 is 0 Å². The van der Waals surface area contributed by atoms with Gasteiger partial charge in [0.15, 0.2) is 0 Å². The lowest BCUT2D eigenvalue weighted by atomic mass is 10.5. The highest BCUT2D eigenvalue weighted by molar-refractivity contribution is 6.68. The van der Waals surface area contributed by atoms with Crippen LogP contribution in [0.15, 0.2) is 0 Å². The second-order valence-electron chi connectivity index (χ2n) is 4.42. The van der Waals surface area contributed by atoms with Crippen molar-refractivity contribution >= 4 is 8.56 Å². The standard InChI is InChI=1S/C11H26O3Si/c1-7-11(12)15(8-2,13-9(3)4)14-10(5)6/h9-12H,7-8H2,1-6H3. The van der Waals surface area contributed by atoms with Gasteiger partial charge >= 0.3 is 8.56 Å². The molecule has 1 N–H and O–H groups in total. The van der Waals surface area contributed by atoms with Crippen LogP contribution in [-0.2, 0) is 8.85 Å². The maximum absolute atomic E-state index is 10.1. The van der Waals surface area contributed by atoms with E-state index in [2.05, 4.69) is 0 Å². The molecule has 0 saturated carbocycles.